The Morgan fingerprint density at radius 3 is 3.07 bits per heavy atom. The molecule has 0 radical (unpaired) electrons. The molecular formula is C11H14ClNOS. The third kappa shape index (κ3) is 2.88. The number of hydrogen-bond acceptors (Lipinski definition) is 3. The van der Waals surface area contributed by atoms with Crippen LogP contribution in [0.5, 0.6) is 0 Å². The number of ether oxygens (including phenoxy) is 1. The first-order chi connectivity index (χ1) is 7.27. The third-order valence-corrected chi connectivity index (χ3v) is 3.73. The summed E-state index contributed by atoms with van der Waals surface area (Å²) >= 11 is 7.82. The maximum Gasteiger partial charge on any atom is 0.0858 e. The molecule has 2 atom stereocenters. The molecule has 82 valence electrons. The molecule has 0 bridgehead atoms. The van der Waals surface area contributed by atoms with Gasteiger partial charge in [-0.2, -0.15) is 11.8 Å². The molecule has 2 nitrogen and oxygen atoms in total. The van der Waals surface area contributed by atoms with Gasteiger partial charge < -0.3 is 10.5 Å². The lowest BCUT2D eigenvalue weighted by Gasteiger charge is -2.27. The maximum atomic E-state index is 6.14. The van der Waals surface area contributed by atoms with Gasteiger partial charge in [0.2, 0.25) is 0 Å². The molecule has 1 saturated heterocycles. The van der Waals surface area contributed by atoms with Gasteiger partial charge in [-0.05, 0) is 17.7 Å². The molecule has 15 heavy (non-hydrogen) atoms. The summed E-state index contributed by atoms with van der Waals surface area (Å²) in [6.45, 7) is 0.795. The predicted octanol–water partition coefficient (Wildman–Crippen LogP) is 2.47. The van der Waals surface area contributed by atoms with Gasteiger partial charge in [0.1, 0.15) is 0 Å². The molecule has 0 saturated carbocycles. The highest BCUT2D eigenvalue weighted by molar-refractivity contribution is 7.99. The van der Waals surface area contributed by atoms with Crippen LogP contribution in [0.1, 0.15) is 11.6 Å². The molecule has 2 N–H and O–H groups in total. The minimum Gasteiger partial charge on any atom is -0.375 e. The van der Waals surface area contributed by atoms with E-state index < -0.39 is 0 Å². The second kappa shape index (κ2) is 5.21. The van der Waals surface area contributed by atoms with Crippen LogP contribution < -0.4 is 5.73 Å². The van der Waals surface area contributed by atoms with Crippen molar-refractivity contribution in [2.24, 2.45) is 5.73 Å². The standard InChI is InChI=1S/C11H14ClNOS/c12-9-3-1-2-8(6-9)11(13)10-7-15-5-4-14-10/h1-3,6,10-11H,4-5,7,13H2. The summed E-state index contributed by atoms with van der Waals surface area (Å²) in [6.07, 6.45) is 0.113. The summed E-state index contributed by atoms with van der Waals surface area (Å²) < 4.78 is 5.65. The molecule has 1 aliphatic rings. The van der Waals surface area contributed by atoms with Gasteiger partial charge in [0.15, 0.2) is 0 Å². The van der Waals surface area contributed by atoms with Gasteiger partial charge in [-0.25, -0.2) is 0 Å². The first-order valence-corrected chi connectivity index (χ1v) is 6.51. The Morgan fingerprint density at radius 2 is 2.40 bits per heavy atom. The highest BCUT2D eigenvalue weighted by Crippen LogP contribution is 2.25. The summed E-state index contributed by atoms with van der Waals surface area (Å²) in [7, 11) is 0. The average Bonchev–Trinajstić information content (AvgIpc) is 2.29. The predicted molar refractivity (Wildman–Crippen MR) is 65.4 cm³/mol. The lowest BCUT2D eigenvalue weighted by molar-refractivity contribution is 0.0569. The number of halogens is 1. The van der Waals surface area contributed by atoms with E-state index in [0.29, 0.717) is 0 Å². The molecule has 1 aromatic carbocycles. The van der Waals surface area contributed by atoms with Crippen molar-refractivity contribution in [3.05, 3.63) is 34.9 Å². The van der Waals surface area contributed by atoms with Crippen LogP contribution in [0.25, 0.3) is 0 Å². The van der Waals surface area contributed by atoms with E-state index in [9.17, 15) is 0 Å². The fourth-order valence-electron chi connectivity index (χ4n) is 1.64. The molecule has 1 fully saturated rings. The summed E-state index contributed by atoms with van der Waals surface area (Å²) in [5.74, 6) is 2.03. The molecule has 2 rings (SSSR count). The Kier molecular flexibility index (Phi) is 3.92. The van der Waals surface area contributed by atoms with E-state index in [1.165, 1.54) is 0 Å². The van der Waals surface area contributed by atoms with Crippen molar-refractivity contribution < 1.29 is 4.74 Å². The first-order valence-electron chi connectivity index (χ1n) is 4.98. The normalized spacial score (nSPS) is 23.7. The number of hydrogen-bond donors (Lipinski definition) is 1. The zero-order valence-corrected chi connectivity index (χ0v) is 9.93. The summed E-state index contributed by atoms with van der Waals surface area (Å²) in [5.41, 5.74) is 7.19. The number of thioether (sulfide) groups is 1. The van der Waals surface area contributed by atoms with Crippen LogP contribution in [0.15, 0.2) is 24.3 Å². The van der Waals surface area contributed by atoms with Crippen molar-refractivity contribution in [3.63, 3.8) is 0 Å². The largest absolute Gasteiger partial charge is 0.375 e. The molecule has 1 heterocycles. The van der Waals surface area contributed by atoms with Crippen LogP contribution in [-0.4, -0.2) is 24.2 Å². The molecule has 1 aliphatic heterocycles. The molecule has 0 aromatic heterocycles. The fourth-order valence-corrected chi connectivity index (χ4v) is 2.76. The van der Waals surface area contributed by atoms with Crippen molar-refractivity contribution in [2.75, 3.05) is 18.1 Å². The van der Waals surface area contributed by atoms with Crippen LogP contribution in [0.4, 0.5) is 0 Å². The van der Waals surface area contributed by atoms with Crippen molar-refractivity contribution in [1.29, 1.82) is 0 Å². The SMILES string of the molecule is NC(c1cccc(Cl)c1)C1CSCCO1. The second-order valence-electron chi connectivity index (χ2n) is 3.56. The average molecular weight is 244 g/mol. The smallest absolute Gasteiger partial charge is 0.0858 e. The van der Waals surface area contributed by atoms with Gasteiger partial charge in [0.25, 0.3) is 0 Å². The molecule has 2 unspecified atom stereocenters. The zero-order valence-electron chi connectivity index (χ0n) is 8.36. The van der Waals surface area contributed by atoms with Gasteiger partial charge in [-0.15, -0.1) is 0 Å². The Morgan fingerprint density at radius 1 is 1.53 bits per heavy atom. The van der Waals surface area contributed by atoms with Gasteiger partial charge in [0.05, 0.1) is 18.8 Å². The van der Waals surface area contributed by atoms with E-state index in [1.807, 2.05) is 36.0 Å². The van der Waals surface area contributed by atoms with Crippen LogP contribution in [0.3, 0.4) is 0 Å². The van der Waals surface area contributed by atoms with Crippen molar-refractivity contribution in [3.8, 4) is 0 Å². The molecule has 0 spiro atoms. The fraction of sp³-hybridized carbons (Fsp3) is 0.455. The first kappa shape index (κ1) is 11.3. The summed E-state index contributed by atoms with van der Waals surface area (Å²) in [4.78, 5) is 0. The van der Waals surface area contributed by atoms with Gasteiger partial charge in [-0.3, -0.25) is 0 Å². The van der Waals surface area contributed by atoms with Crippen molar-refractivity contribution >= 4 is 23.4 Å². The van der Waals surface area contributed by atoms with Gasteiger partial charge >= 0.3 is 0 Å². The summed E-state index contributed by atoms with van der Waals surface area (Å²) in [6, 6.07) is 7.62. The van der Waals surface area contributed by atoms with E-state index in [1.54, 1.807) is 0 Å². The van der Waals surface area contributed by atoms with Crippen LogP contribution in [0, 0.1) is 0 Å². The van der Waals surface area contributed by atoms with E-state index in [-0.39, 0.29) is 12.1 Å². The molecule has 4 heteroatoms. The van der Waals surface area contributed by atoms with Crippen LogP contribution in [-0.2, 0) is 4.74 Å². The minimum absolute atomic E-state index is 0.0727. The molecule has 0 aliphatic carbocycles. The van der Waals surface area contributed by atoms with E-state index >= 15 is 0 Å². The Balaban J connectivity index is 2.08. The third-order valence-electron chi connectivity index (χ3n) is 2.48. The van der Waals surface area contributed by atoms with E-state index in [0.717, 1.165) is 28.7 Å². The molecule has 1 aromatic rings. The molecule has 0 amide bonds. The highest BCUT2D eigenvalue weighted by Gasteiger charge is 2.22. The topological polar surface area (TPSA) is 35.2 Å². The van der Waals surface area contributed by atoms with Crippen molar-refractivity contribution in [2.45, 2.75) is 12.1 Å². The Labute approximate surface area is 99.1 Å². The number of benzene rings is 1. The molecular weight excluding hydrogens is 230 g/mol. The van der Waals surface area contributed by atoms with E-state index in [4.69, 9.17) is 22.1 Å². The Hall–Kier alpha value is -0.220. The van der Waals surface area contributed by atoms with Crippen molar-refractivity contribution in [1.82, 2.24) is 0 Å². The minimum atomic E-state index is -0.0727. The zero-order chi connectivity index (χ0) is 10.7. The van der Waals surface area contributed by atoms with Crippen LogP contribution >= 0.6 is 23.4 Å². The number of rotatable bonds is 2. The lowest BCUT2D eigenvalue weighted by Crippen LogP contribution is -2.34. The number of nitrogens with two attached hydrogens (primary N) is 1. The lowest BCUT2D eigenvalue weighted by atomic mass is 10.0. The van der Waals surface area contributed by atoms with Crippen LogP contribution in [0.2, 0.25) is 5.02 Å². The second-order valence-corrected chi connectivity index (χ2v) is 5.15. The Bertz CT molecular complexity index is 328. The quantitative estimate of drug-likeness (QED) is 0.867. The highest BCUT2D eigenvalue weighted by atomic mass is 35.5. The monoisotopic (exact) mass is 243 g/mol. The van der Waals surface area contributed by atoms with Gasteiger partial charge in [0, 0.05) is 16.5 Å². The van der Waals surface area contributed by atoms with E-state index in [2.05, 4.69) is 0 Å². The summed E-state index contributed by atoms with van der Waals surface area (Å²) in [5, 5.41) is 0.728. The maximum absolute atomic E-state index is 6.14. The van der Waals surface area contributed by atoms with Gasteiger partial charge in [-0.1, -0.05) is 23.7 Å².